The third-order valence-electron chi connectivity index (χ3n) is 2.42. The molecule has 0 aliphatic rings. The number of carbonyl (C=O) groups excluding carboxylic acids is 2. The molecule has 2 rings (SSSR count). The average Bonchev–Trinajstić information content (AvgIpc) is 2.96. The molecule has 2 aromatic heterocycles. The number of carbonyl (C=O) groups is 2. The number of ketones is 2. The van der Waals surface area contributed by atoms with Crippen LogP contribution in [0.5, 0.6) is 0 Å². The summed E-state index contributed by atoms with van der Waals surface area (Å²) < 4.78 is 1.63. The first-order valence-corrected chi connectivity index (χ1v) is 6.38. The summed E-state index contributed by atoms with van der Waals surface area (Å²) in [4.78, 5) is 24.2. The van der Waals surface area contributed by atoms with Crippen LogP contribution in [-0.4, -0.2) is 22.0 Å². The van der Waals surface area contributed by atoms with Crippen molar-refractivity contribution in [3.63, 3.8) is 0 Å². The predicted molar refractivity (Wildman–Crippen MR) is 68.2 cm³/mol. The molecule has 0 aromatic carbocycles. The lowest BCUT2D eigenvalue weighted by molar-refractivity contribution is 0.101. The van der Waals surface area contributed by atoms with E-state index in [-0.39, 0.29) is 17.4 Å². The van der Waals surface area contributed by atoms with Crippen LogP contribution < -0.4 is 0 Å². The number of aryl methyl sites for hydroxylation is 1. The Bertz CT molecular complexity index is 557. The number of halogens is 1. The molecule has 88 valence electrons. The molecule has 0 atom stereocenters. The van der Waals surface area contributed by atoms with Gasteiger partial charge >= 0.3 is 0 Å². The highest BCUT2D eigenvalue weighted by Gasteiger charge is 2.16. The van der Waals surface area contributed by atoms with Crippen LogP contribution in [-0.2, 0) is 7.05 Å². The lowest BCUT2D eigenvalue weighted by Crippen LogP contribution is -2.05. The second-order valence-corrected chi connectivity index (χ2v) is 4.80. The minimum Gasteiger partial charge on any atom is -0.347 e. The largest absolute Gasteiger partial charge is 0.347 e. The van der Waals surface area contributed by atoms with Gasteiger partial charge in [-0.1, -0.05) is 6.07 Å². The summed E-state index contributed by atoms with van der Waals surface area (Å²) in [6.07, 6.45) is 1.65. The SMILES string of the molecule is Cn1cc(C(=O)c2cccs2)cc1C(=O)CCl. The molecule has 0 amide bonds. The van der Waals surface area contributed by atoms with E-state index >= 15 is 0 Å². The van der Waals surface area contributed by atoms with Crippen molar-refractivity contribution in [3.8, 4) is 0 Å². The van der Waals surface area contributed by atoms with Gasteiger partial charge in [0, 0.05) is 18.8 Å². The first-order valence-electron chi connectivity index (χ1n) is 4.97. The zero-order chi connectivity index (χ0) is 12.4. The number of thiophene rings is 1. The van der Waals surface area contributed by atoms with Crippen LogP contribution in [0.1, 0.15) is 25.7 Å². The number of alkyl halides is 1. The number of Topliss-reactive ketones (excluding diaryl/α,β-unsaturated/α-hetero) is 1. The topological polar surface area (TPSA) is 39.1 Å². The number of hydrogen-bond donors (Lipinski definition) is 0. The lowest BCUT2D eigenvalue weighted by atomic mass is 10.2. The third kappa shape index (κ3) is 2.33. The normalized spacial score (nSPS) is 10.5. The zero-order valence-corrected chi connectivity index (χ0v) is 10.7. The van der Waals surface area contributed by atoms with E-state index in [4.69, 9.17) is 11.6 Å². The van der Waals surface area contributed by atoms with E-state index in [0.717, 1.165) is 0 Å². The van der Waals surface area contributed by atoms with Gasteiger partial charge in [-0.15, -0.1) is 22.9 Å². The summed E-state index contributed by atoms with van der Waals surface area (Å²) in [5.41, 5.74) is 0.975. The van der Waals surface area contributed by atoms with Gasteiger partial charge in [-0.3, -0.25) is 9.59 Å². The molecule has 0 spiro atoms. The van der Waals surface area contributed by atoms with Gasteiger partial charge in [0.25, 0.3) is 0 Å². The van der Waals surface area contributed by atoms with Crippen LogP contribution in [0.4, 0.5) is 0 Å². The lowest BCUT2D eigenvalue weighted by Gasteiger charge is -1.96. The van der Waals surface area contributed by atoms with Crippen molar-refractivity contribution in [3.05, 3.63) is 45.9 Å². The van der Waals surface area contributed by atoms with Gasteiger partial charge < -0.3 is 4.57 Å². The van der Waals surface area contributed by atoms with Crippen molar-refractivity contribution in [2.75, 3.05) is 5.88 Å². The molecule has 2 heterocycles. The highest BCUT2D eigenvalue weighted by atomic mass is 35.5. The molecule has 17 heavy (non-hydrogen) atoms. The Morgan fingerprint density at radius 1 is 1.47 bits per heavy atom. The van der Waals surface area contributed by atoms with Crippen molar-refractivity contribution >= 4 is 34.5 Å². The Morgan fingerprint density at radius 2 is 2.24 bits per heavy atom. The van der Waals surface area contributed by atoms with Crippen LogP contribution in [0, 0.1) is 0 Å². The molecule has 5 heteroatoms. The van der Waals surface area contributed by atoms with E-state index in [1.807, 2.05) is 11.4 Å². The standard InChI is InChI=1S/C12H10ClNO2S/c1-14-7-8(5-9(14)10(15)6-13)12(16)11-3-2-4-17-11/h2-5,7H,6H2,1H3. The van der Waals surface area contributed by atoms with Crippen LogP contribution >= 0.6 is 22.9 Å². The summed E-state index contributed by atoms with van der Waals surface area (Å²) in [6.45, 7) is 0. The minimum atomic E-state index is -0.181. The van der Waals surface area contributed by atoms with Crippen molar-refractivity contribution in [2.45, 2.75) is 0 Å². The van der Waals surface area contributed by atoms with E-state index in [0.29, 0.717) is 16.1 Å². The maximum Gasteiger partial charge on any atom is 0.204 e. The Labute approximate surface area is 108 Å². The maximum atomic E-state index is 12.0. The Kier molecular flexibility index (Phi) is 3.45. The molecule has 0 N–H and O–H groups in total. The molecule has 0 unspecified atom stereocenters. The van der Waals surface area contributed by atoms with Crippen LogP contribution in [0.2, 0.25) is 0 Å². The zero-order valence-electron chi connectivity index (χ0n) is 9.14. The molecule has 0 aliphatic carbocycles. The fourth-order valence-corrected chi connectivity index (χ4v) is 2.41. The Balaban J connectivity index is 2.35. The molecule has 0 bridgehead atoms. The highest BCUT2D eigenvalue weighted by Crippen LogP contribution is 2.17. The van der Waals surface area contributed by atoms with E-state index in [1.54, 1.807) is 29.9 Å². The van der Waals surface area contributed by atoms with Crippen LogP contribution in [0.3, 0.4) is 0 Å². The monoisotopic (exact) mass is 267 g/mol. The molecular weight excluding hydrogens is 258 g/mol. The second kappa shape index (κ2) is 4.85. The van der Waals surface area contributed by atoms with Gasteiger partial charge in [-0.2, -0.15) is 0 Å². The molecule has 0 fully saturated rings. The first-order chi connectivity index (χ1) is 8.13. The average molecular weight is 268 g/mol. The number of rotatable bonds is 4. The summed E-state index contributed by atoms with van der Waals surface area (Å²) in [5, 5.41) is 1.85. The van der Waals surface area contributed by atoms with Crippen LogP contribution in [0.25, 0.3) is 0 Å². The summed E-state index contributed by atoms with van der Waals surface area (Å²) in [5.74, 6) is -0.326. The van der Waals surface area contributed by atoms with E-state index < -0.39 is 0 Å². The summed E-state index contributed by atoms with van der Waals surface area (Å²) in [7, 11) is 1.73. The van der Waals surface area contributed by atoms with E-state index in [1.165, 1.54) is 11.3 Å². The fourth-order valence-electron chi connectivity index (χ4n) is 1.58. The Morgan fingerprint density at radius 3 is 2.82 bits per heavy atom. The summed E-state index contributed by atoms with van der Waals surface area (Å²) in [6, 6.07) is 5.18. The number of aromatic nitrogens is 1. The maximum absolute atomic E-state index is 12.0. The van der Waals surface area contributed by atoms with Gasteiger partial charge in [-0.25, -0.2) is 0 Å². The van der Waals surface area contributed by atoms with Crippen molar-refractivity contribution in [1.82, 2.24) is 4.57 Å². The second-order valence-electron chi connectivity index (χ2n) is 3.59. The molecule has 0 radical (unpaired) electrons. The molecule has 0 saturated carbocycles. The molecular formula is C12H10ClNO2S. The van der Waals surface area contributed by atoms with E-state index in [9.17, 15) is 9.59 Å². The predicted octanol–water partition coefficient (Wildman–Crippen LogP) is 2.74. The third-order valence-corrected chi connectivity index (χ3v) is 3.53. The van der Waals surface area contributed by atoms with Gasteiger partial charge in [0.05, 0.1) is 16.5 Å². The van der Waals surface area contributed by atoms with Crippen molar-refractivity contribution in [2.24, 2.45) is 7.05 Å². The quantitative estimate of drug-likeness (QED) is 0.631. The number of nitrogens with zero attached hydrogens (tertiary/aromatic N) is 1. The smallest absolute Gasteiger partial charge is 0.204 e. The molecule has 0 aliphatic heterocycles. The molecule has 2 aromatic rings. The van der Waals surface area contributed by atoms with Gasteiger partial charge in [-0.05, 0) is 17.5 Å². The van der Waals surface area contributed by atoms with Gasteiger partial charge in [0.15, 0.2) is 5.78 Å². The minimum absolute atomic E-state index is 0.0655. The van der Waals surface area contributed by atoms with E-state index in [2.05, 4.69) is 0 Å². The fraction of sp³-hybridized carbons (Fsp3) is 0.167. The highest BCUT2D eigenvalue weighted by molar-refractivity contribution is 7.12. The van der Waals surface area contributed by atoms with Crippen molar-refractivity contribution < 1.29 is 9.59 Å². The summed E-state index contributed by atoms with van der Waals surface area (Å²) >= 11 is 6.89. The Hall–Kier alpha value is -1.39. The van der Waals surface area contributed by atoms with Gasteiger partial charge in [0.1, 0.15) is 0 Å². The van der Waals surface area contributed by atoms with Crippen LogP contribution in [0.15, 0.2) is 29.8 Å². The van der Waals surface area contributed by atoms with Gasteiger partial charge in [0.2, 0.25) is 5.78 Å². The number of hydrogen-bond acceptors (Lipinski definition) is 3. The molecule has 0 saturated heterocycles. The first kappa shape index (κ1) is 12.1. The molecule has 3 nitrogen and oxygen atoms in total. The van der Waals surface area contributed by atoms with Crippen molar-refractivity contribution in [1.29, 1.82) is 0 Å².